The molecule has 0 saturated carbocycles. The molecule has 0 aliphatic rings. The molecule has 2 aromatic rings. The molecule has 1 aromatic heterocycles. The summed E-state index contributed by atoms with van der Waals surface area (Å²) in [6.07, 6.45) is 1.08. The summed E-state index contributed by atoms with van der Waals surface area (Å²) in [7, 11) is 0. The van der Waals surface area contributed by atoms with E-state index >= 15 is 0 Å². The highest BCUT2D eigenvalue weighted by atomic mass is 16.4. The van der Waals surface area contributed by atoms with Gasteiger partial charge in [0.15, 0.2) is 0 Å². The molecule has 104 valence electrons. The van der Waals surface area contributed by atoms with E-state index in [2.05, 4.69) is 30.7 Å². The lowest BCUT2D eigenvalue weighted by molar-refractivity contribution is 0.0697. The molecule has 5 heteroatoms. The van der Waals surface area contributed by atoms with Crippen LogP contribution in [0.15, 0.2) is 35.3 Å². The van der Waals surface area contributed by atoms with Gasteiger partial charge in [0.2, 0.25) is 0 Å². The SMILES string of the molecule is CC(C)(C)c1ccc(-c2[nH]c(=O)ncc2C(=O)O)cc1. The standard InChI is InChI=1S/C15H16N2O3/c1-15(2,3)10-6-4-9(5-7-10)12-11(13(18)19)8-16-14(20)17-12/h4-8H,1-3H3,(H,18,19)(H,16,17,20). The van der Waals surface area contributed by atoms with E-state index in [0.29, 0.717) is 5.56 Å². The van der Waals surface area contributed by atoms with Gasteiger partial charge in [0, 0.05) is 6.20 Å². The smallest absolute Gasteiger partial charge is 0.345 e. The fraction of sp³-hybridized carbons (Fsp3) is 0.267. The molecule has 0 atom stereocenters. The van der Waals surface area contributed by atoms with E-state index < -0.39 is 11.7 Å². The number of carbonyl (C=O) groups is 1. The second kappa shape index (κ2) is 4.92. The molecule has 0 saturated heterocycles. The average molecular weight is 272 g/mol. The first-order valence-electron chi connectivity index (χ1n) is 6.22. The third-order valence-electron chi connectivity index (χ3n) is 3.08. The van der Waals surface area contributed by atoms with Crippen LogP contribution in [0.3, 0.4) is 0 Å². The number of carboxylic acid groups (broad SMARTS) is 1. The molecule has 0 unspecified atom stereocenters. The van der Waals surface area contributed by atoms with Crippen LogP contribution in [-0.4, -0.2) is 21.0 Å². The van der Waals surface area contributed by atoms with Crippen molar-refractivity contribution in [1.82, 2.24) is 9.97 Å². The lowest BCUT2D eigenvalue weighted by Crippen LogP contribution is -2.15. The zero-order valence-corrected chi connectivity index (χ0v) is 11.6. The highest BCUT2D eigenvalue weighted by Gasteiger charge is 2.16. The van der Waals surface area contributed by atoms with E-state index in [0.717, 1.165) is 11.8 Å². The van der Waals surface area contributed by atoms with Crippen molar-refractivity contribution < 1.29 is 9.90 Å². The minimum atomic E-state index is -1.12. The second-order valence-electron chi connectivity index (χ2n) is 5.61. The van der Waals surface area contributed by atoms with Crippen molar-refractivity contribution in [2.24, 2.45) is 0 Å². The molecule has 1 heterocycles. The van der Waals surface area contributed by atoms with Crippen molar-refractivity contribution >= 4 is 5.97 Å². The lowest BCUT2D eigenvalue weighted by Gasteiger charge is -2.19. The molecular formula is C15H16N2O3. The van der Waals surface area contributed by atoms with Crippen molar-refractivity contribution in [3.05, 3.63) is 52.1 Å². The van der Waals surface area contributed by atoms with Crippen molar-refractivity contribution in [2.75, 3.05) is 0 Å². The topological polar surface area (TPSA) is 83.0 Å². The van der Waals surface area contributed by atoms with Crippen LogP contribution in [-0.2, 0) is 5.41 Å². The third kappa shape index (κ3) is 2.77. The Labute approximate surface area is 116 Å². The van der Waals surface area contributed by atoms with Gasteiger partial charge in [-0.25, -0.2) is 14.6 Å². The maximum Gasteiger partial charge on any atom is 0.345 e. The Balaban J connectivity index is 2.54. The van der Waals surface area contributed by atoms with Crippen LogP contribution in [0.4, 0.5) is 0 Å². The summed E-state index contributed by atoms with van der Waals surface area (Å²) in [5.74, 6) is -1.12. The molecule has 2 rings (SSSR count). The Bertz CT molecular complexity index is 694. The normalized spacial score (nSPS) is 11.3. The van der Waals surface area contributed by atoms with Crippen molar-refractivity contribution in [1.29, 1.82) is 0 Å². The molecule has 0 amide bonds. The van der Waals surface area contributed by atoms with Crippen LogP contribution in [0, 0.1) is 0 Å². The first kappa shape index (κ1) is 14.0. The van der Waals surface area contributed by atoms with Gasteiger partial charge in [-0.15, -0.1) is 0 Å². The number of rotatable bonds is 2. The predicted octanol–water partition coefficient (Wildman–Crippen LogP) is 2.43. The molecule has 0 bridgehead atoms. The summed E-state index contributed by atoms with van der Waals surface area (Å²) in [6.45, 7) is 6.29. The molecule has 0 spiro atoms. The van der Waals surface area contributed by atoms with E-state index in [-0.39, 0.29) is 16.7 Å². The minimum absolute atomic E-state index is 0.0137. The molecular weight excluding hydrogens is 256 g/mol. The zero-order valence-electron chi connectivity index (χ0n) is 11.6. The lowest BCUT2D eigenvalue weighted by atomic mass is 9.86. The first-order valence-corrected chi connectivity index (χ1v) is 6.22. The second-order valence-corrected chi connectivity index (χ2v) is 5.61. The molecule has 0 fully saturated rings. The number of nitrogens with zero attached hydrogens (tertiary/aromatic N) is 1. The van der Waals surface area contributed by atoms with Crippen molar-refractivity contribution in [3.8, 4) is 11.3 Å². The maximum absolute atomic E-state index is 11.3. The van der Waals surface area contributed by atoms with Crippen LogP contribution < -0.4 is 5.69 Å². The first-order chi connectivity index (χ1) is 9.29. The number of hydrogen-bond donors (Lipinski definition) is 2. The van der Waals surface area contributed by atoms with E-state index in [1.54, 1.807) is 12.1 Å². The monoisotopic (exact) mass is 272 g/mol. The van der Waals surface area contributed by atoms with Gasteiger partial charge in [-0.3, -0.25) is 0 Å². The molecule has 5 nitrogen and oxygen atoms in total. The van der Waals surface area contributed by atoms with Crippen molar-refractivity contribution in [2.45, 2.75) is 26.2 Å². The van der Waals surface area contributed by atoms with E-state index in [4.69, 9.17) is 5.11 Å². The van der Waals surface area contributed by atoms with Gasteiger partial charge in [0.05, 0.1) is 5.69 Å². The number of aromatic nitrogens is 2. The highest BCUT2D eigenvalue weighted by Crippen LogP contribution is 2.26. The van der Waals surface area contributed by atoms with E-state index in [1.807, 2.05) is 12.1 Å². The zero-order chi connectivity index (χ0) is 14.9. The summed E-state index contributed by atoms with van der Waals surface area (Å²) in [6, 6.07) is 7.47. The summed E-state index contributed by atoms with van der Waals surface area (Å²) >= 11 is 0. The number of H-pyrrole nitrogens is 1. The molecule has 0 aliphatic carbocycles. The molecule has 0 aliphatic heterocycles. The number of hydrogen-bond acceptors (Lipinski definition) is 3. The number of aromatic carboxylic acids is 1. The van der Waals surface area contributed by atoms with Crippen molar-refractivity contribution in [3.63, 3.8) is 0 Å². The molecule has 20 heavy (non-hydrogen) atoms. The fourth-order valence-corrected chi connectivity index (χ4v) is 1.92. The molecule has 1 aromatic carbocycles. The summed E-state index contributed by atoms with van der Waals surface area (Å²) < 4.78 is 0. The maximum atomic E-state index is 11.3. The summed E-state index contributed by atoms with van der Waals surface area (Å²) in [5.41, 5.74) is 1.49. The fourth-order valence-electron chi connectivity index (χ4n) is 1.92. The van der Waals surface area contributed by atoms with E-state index in [1.165, 1.54) is 0 Å². The minimum Gasteiger partial charge on any atom is -0.478 e. The highest BCUT2D eigenvalue weighted by molar-refractivity contribution is 5.94. The molecule has 0 radical (unpaired) electrons. The molecule has 2 N–H and O–H groups in total. The Kier molecular flexibility index (Phi) is 3.44. The van der Waals surface area contributed by atoms with E-state index in [9.17, 15) is 9.59 Å². The van der Waals surface area contributed by atoms with Gasteiger partial charge in [0.1, 0.15) is 5.56 Å². The summed E-state index contributed by atoms with van der Waals surface area (Å²) in [5, 5.41) is 9.14. The number of nitrogens with one attached hydrogen (secondary N) is 1. The van der Waals surface area contributed by atoms with Gasteiger partial charge in [-0.05, 0) is 16.5 Å². The number of carboxylic acids is 1. The quantitative estimate of drug-likeness (QED) is 0.879. The Morgan fingerprint density at radius 1 is 1.20 bits per heavy atom. The van der Waals surface area contributed by atoms with Crippen LogP contribution in [0.2, 0.25) is 0 Å². The number of benzene rings is 1. The summed E-state index contributed by atoms with van der Waals surface area (Å²) in [4.78, 5) is 28.4. The van der Waals surface area contributed by atoms with Gasteiger partial charge in [-0.2, -0.15) is 0 Å². The van der Waals surface area contributed by atoms with Crippen LogP contribution in [0.5, 0.6) is 0 Å². The Hall–Kier alpha value is -2.43. The van der Waals surface area contributed by atoms with Gasteiger partial charge in [-0.1, -0.05) is 45.0 Å². The Morgan fingerprint density at radius 2 is 1.80 bits per heavy atom. The van der Waals surface area contributed by atoms with Crippen LogP contribution in [0.1, 0.15) is 36.7 Å². The Morgan fingerprint density at radius 3 is 2.30 bits per heavy atom. The van der Waals surface area contributed by atoms with Gasteiger partial charge >= 0.3 is 11.7 Å². The average Bonchev–Trinajstić information content (AvgIpc) is 2.37. The van der Waals surface area contributed by atoms with Crippen LogP contribution in [0.25, 0.3) is 11.3 Å². The third-order valence-corrected chi connectivity index (χ3v) is 3.08. The van der Waals surface area contributed by atoms with Crippen LogP contribution >= 0.6 is 0 Å². The number of aromatic amines is 1. The van der Waals surface area contributed by atoms with Gasteiger partial charge < -0.3 is 10.1 Å². The van der Waals surface area contributed by atoms with Gasteiger partial charge in [0.25, 0.3) is 0 Å². The predicted molar refractivity (Wildman–Crippen MR) is 76.0 cm³/mol. The largest absolute Gasteiger partial charge is 0.478 e.